The second-order valence-corrected chi connectivity index (χ2v) is 6.79. The molecule has 1 aliphatic carbocycles. The fraction of sp³-hybridized carbons (Fsp3) is 0.368. The Hall–Kier alpha value is -1.50. The summed E-state index contributed by atoms with van der Waals surface area (Å²) in [5.41, 5.74) is 1.21. The van der Waals surface area contributed by atoms with Crippen LogP contribution in [0.2, 0.25) is 5.02 Å². The summed E-state index contributed by atoms with van der Waals surface area (Å²) in [5.74, 6) is 0. The van der Waals surface area contributed by atoms with Gasteiger partial charge >= 0.3 is 0 Å². The number of nitrogens with one attached hydrogen (secondary N) is 1. The highest BCUT2D eigenvalue weighted by Gasteiger charge is 2.36. The summed E-state index contributed by atoms with van der Waals surface area (Å²) in [6, 6.07) is 11.2. The van der Waals surface area contributed by atoms with Gasteiger partial charge in [-0.3, -0.25) is 0 Å². The maximum Gasteiger partial charge on any atom is 0.113 e. The molecule has 1 aliphatic rings. The second-order valence-electron chi connectivity index (χ2n) is 6.36. The minimum absolute atomic E-state index is 0.0953. The lowest BCUT2D eigenvalue weighted by atomic mass is 9.88. The van der Waals surface area contributed by atoms with Crippen LogP contribution in [0.1, 0.15) is 5.56 Å². The van der Waals surface area contributed by atoms with E-state index in [9.17, 15) is 19.7 Å². The molecule has 3 rings (SSSR count). The lowest BCUT2D eigenvalue weighted by molar-refractivity contribution is -0.0628. The van der Waals surface area contributed by atoms with Gasteiger partial charge in [-0.1, -0.05) is 41.9 Å². The normalized spacial score (nSPS) is 26.7. The Morgan fingerprint density at radius 3 is 2.48 bits per heavy atom. The standard InChI is InChI=1S/C19H21ClFNO3/c20-15-4-3-12-7-11(1-2-13(12)8-15)5-6-22-16-9-14(10-21)17(23)19(25)18(16)24/h1-4,7-9,16-19,22-25H,5-6,10H2/t16-,17+,18+,19+/m1/s1. The highest BCUT2D eigenvalue weighted by Crippen LogP contribution is 2.22. The third-order valence-electron chi connectivity index (χ3n) is 4.63. The highest BCUT2D eigenvalue weighted by molar-refractivity contribution is 6.31. The van der Waals surface area contributed by atoms with Crippen molar-refractivity contribution in [3.63, 3.8) is 0 Å². The first-order valence-corrected chi connectivity index (χ1v) is 8.59. The summed E-state index contributed by atoms with van der Waals surface area (Å²) >= 11 is 5.98. The first-order valence-electron chi connectivity index (χ1n) is 8.22. The van der Waals surface area contributed by atoms with E-state index in [1.54, 1.807) is 0 Å². The Morgan fingerprint density at radius 1 is 1.00 bits per heavy atom. The van der Waals surface area contributed by atoms with Gasteiger partial charge in [0.1, 0.15) is 25.0 Å². The lowest BCUT2D eigenvalue weighted by Crippen LogP contribution is -2.54. The minimum Gasteiger partial charge on any atom is -0.388 e. The monoisotopic (exact) mass is 365 g/mol. The summed E-state index contributed by atoms with van der Waals surface area (Å²) in [5, 5.41) is 35.5. The molecule has 0 aromatic heterocycles. The average molecular weight is 366 g/mol. The molecular formula is C19H21ClFNO3. The predicted molar refractivity (Wildman–Crippen MR) is 96.5 cm³/mol. The van der Waals surface area contributed by atoms with Crippen molar-refractivity contribution in [3.05, 3.63) is 58.6 Å². The van der Waals surface area contributed by atoms with E-state index in [-0.39, 0.29) is 5.57 Å². The first-order chi connectivity index (χ1) is 12.0. The zero-order valence-electron chi connectivity index (χ0n) is 13.6. The molecule has 0 aliphatic heterocycles. The maximum absolute atomic E-state index is 12.9. The third kappa shape index (κ3) is 4.02. The molecule has 0 fully saturated rings. The van der Waals surface area contributed by atoms with Crippen LogP contribution < -0.4 is 5.32 Å². The number of alkyl halides is 1. The molecule has 0 unspecified atom stereocenters. The first kappa shape index (κ1) is 18.3. The Labute approximate surface area is 150 Å². The Balaban J connectivity index is 1.64. The molecule has 2 aromatic carbocycles. The summed E-state index contributed by atoms with van der Waals surface area (Å²) in [6.07, 6.45) is -1.75. The number of aliphatic hydroxyl groups excluding tert-OH is 3. The summed E-state index contributed by atoms with van der Waals surface area (Å²) in [7, 11) is 0. The molecule has 2 aromatic rings. The third-order valence-corrected chi connectivity index (χ3v) is 4.86. The van der Waals surface area contributed by atoms with E-state index in [1.807, 2.05) is 30.3 Å². The SMILES string of the molecule is O[C@@H]1[C@@H](O)[C@@H](O)C(CF)=C[C@H]1NCCc1ccc2cc(Cl)ccc2c1. The Morgan fingerprint density at radius 2 is 1.72 bits per heavy atom. The van der Waals surface area contributed by atoms with Gasteiger partial charge in [-0.15, -0.1) is 0 Å². The van der Waals surface area contributed by atoms with Crippen LogP contribution in [0, 0.1) is 0 Å². The van der Waals surface area contributed by atoms with Gasteiger partial charge in [0.15, 0.2) is 0 Å². The minimum atomic E-state index is -1.39. The van der Waals surface area contributed by atoms with Gasteiger partial charge < -0.3 is 20.6 Å². The molecule has 4 nitrogen and oxygen atoms in total. The van der Waals surface area contributed by atoms with Crippen molar-refractivity contribution in [2.75, 3.05) is 13.2 Å². The quantitative estimate of drug-likeness (QED) is 0.611. The van der Waals surface area contributed by atoms with Crippen molar-refractivity contribution in [1.29, 1.82) is 0 Å². The summed E-state index contributed by atoms with van der Waals surface area (Å²) < 4.78 is 12.9. The molecule has 4 N–H and O–H groups in total. The Bertz CT molecular complexity index is 782. The maximum atomic E-state index is 12.9. The van der Waals surface area contributed by atoms with E-state index in [2.05, 4.69) is 11.4 Å². The largest absolute Gasteiger partial charge is 0.388 e. The number of hydrogen-bond donors (Lipinski definition) is 4. The zero-order valence-corrected chi connectivity index (χ0v) is 14.3. The number of aliphatic hydroxyl groups is 3. The predicted octanol–water partition coefficient (Wildman–Crippen LogP) is 1.99. The van der Waals surface area contributed by atoms with Gasteiger partial charge in [0.05, 0.1) is 6.04 Å². The van der Waals surface area contributed by atoms with Gasteiger partial charge in [-0.25, -0.2) is 4.39 Å². The van der Waals surface area contributed by atoms with Crippen molar-refractivity contribution >= 4 is 22.4 Å². The van der Waals surface area contributed by atoms with Crippen molar-refractivity contribution in [2.24, 2.45) is 0 Å². The molecular weight excluding hydrogens is 345 g/mol. The molecule has 0 saturated carbocycles. The number of rotatable bonds is 5. The molecule has 25 heavy (non-hydrogen) atoms. The van der Waals surface area contributed by atoms with Crippen LogP contribution in [0.15, 0.2) is 48.0 Å². The number of fused-ring (bicyclic) bond motifs is 1. The lowest BCUT2D eigenvalue weighted by Gasteiger charge is -2.34. The van der Waals surface area contributed by atoms with E-state index >= 15 is 0 Å². The number of halogens is 2. The topological polar surface area (TPSA) is 72.7 Å². The van der Waals surface area contributed by atoms with Crippen LogP contribution in [0.4, 0.5) is 4.39 Å². The summed E-state index contributed by atoms with van der Waals surface area (Å²) in [4.78, 5) is 0. The second kappa shape index (κ2) is 7.81. The molecule has 0 saturated heterocycles. The van der Waals surface area contributed by atoms with Crippen molar-refractivity contribution < 1.29 is 19.7 Å². The average Bonchev–Trinajstić information content (AvgIpc) is 2.61. The molecule has 0 spiro atoms. The Kier molecular flexibility index (Phi) is 5.71. The highest BCUT2D eigenvalue weighted by atomic mass is 35.5. The van der Waals surface area contributed by atoms with Crippen molar-refractivity contribution in [1.82, 2.24) is 5.32 Å². The van der Waals surface area contributed by atoms with Gasteiger partial charge in [0.2, 0.25) is 0 Å². The smallest absolute Gasteiger partial charge is 0.113 e. The van der Waals surface area contributed by atoms with Crippen molar-refractivity contribution in [2.45, 2.75) is 30.8 Å². The van der Waals surface area contributed by atoms with Crippen LogP contribution in [0.3, 0.4) is 0 Å². The fourth-order valence-electron chi connectivity index (χ4n) is 3.15. The van der Waals surface area contributed by atoms with E-state index in [0.717, 1.165) is 16.3 Å². The molecule has 0 amide bonds. The molecule has 0 radical (unpaired) electrons. The fourth-order valence-corrected chi connectivity index (χ4v) is 3.33. The van der Waals surface area contributed by atoms with Crippen LogP contribution in [-0.4, -0.2) is 52.9 Å². The number of benzene rings is 2. The molecule has 4 atom stereocenters. The van der Waals surface area contributed by atoms with E-state index in [1.165, 1.54) is 6.08 Å². The summed E-state index contributed by atoms with van der Waals surface area (Å²) in [6.45, 7) is -0.309. The van der Waals surface area contributed by atoms with Gasteiger partial charge in [-0.05, 0) is 47.0 Å². The van der Waals surface area contributed by atoms with Gasteiger partial charge in [0.25, 0.3) is 0 Å². The zero-order chi connectivity index (χ0) is 18.0. The van der Waals surface area contributed by atoms with E-state index in [4.69, 9.17) is 11.6 Å². The molecule has 0 bridgehead atoms. The van der Waals surface area contributed by atoms with E-state index < -0.39 is 31.0 Å². The van der Waals surface area contributed by atoms with Crippen molar-refractivity contribution in [3.8, 4) is 0 Å². The van der Waals surface area contributed by atoms with Crippen LogP contribution in [0.25, 0.3) is 10.8 Å². The van der Waals surface area contributed by atoms with Gasteiger partial charge in [0, 0.05) is 5.02 Å². The molecule has 0 heterocycles. The van der Waals surface area contributed by atoms with Crippen LogP contribution in [-0.2, 0) is 6.42 Å². The van der Waals surface area contributed by atoms with Crippen LogP contribution >= 0.6 is 11.6 Å². The van der Waals surface area contributed by atoms with E-state index in [0.29, 0.717) is 18.0 Å². The van der Waals surface area contributed by atoms with Gasteiger partial charge in [-0.2, -0.15) is 0 Å². The molecule has 134 valence electrons. The molecule has 6 heteroatoms. The van der Waals surface area contributed by atoms with Crippen LogP contribution in [0.5, 0.6) is 0 Å². The number of hydrogen-bond acceptors (Lipinski definition) is 4.